The molecule has 1 amide bonds. The van der Waals surface area contributed by atoms with Crippen molar-refractivity contribution in [2.45, 2.75) is 32.8 Å². The summed E-state index contributed by atoms with van der Waals surface area (Å²) in [6.07, 6.45) is 0.398. The molecule has 0 spiro atoms. The van der Waals surface area contributed by atoms with Gasteiger partial charge >= 0.3 is 6.09 Å². The first-order valence-electron chi connectivity index (χ1n) is 6.06. The molecular weight excluding hydrogens is 246 g/mol. The molecule has 1 aromatic rings. The Hall–Kier alpha value is -2.04. The predicted molar refractivity (Wildman–Crippen MR) is 72.4 cm³/mol. The Morgan fingerprint density at radius 3 is 2.63 bits per heavy atom. The van der Waals surface area contributed by atoms with Crippen LogP contribution >= 0.6 is 0 Å². The lowest BCUT2D eigenvalue weighted by atomic mass is 10.2. The molecular formula is C14H19NO4. The van der Waals surface area contributed by atoms with Crippen LogP contribution in [-0.4, -0.2) is 29.6 Å². The van der Waals surface area contributed by atoms with E-state index in [2.05, 4.69) is 0 Å². The summed E-state index contributed by atoms with van der Waals surface area (Å²) in [5.41, 5.74) is -0.121. The molecule has 1 N–H and O–H groups in total. The van der Waals surface area contributed by atoms with Crippen LogP contribution in [0.15, 0.2) is 24.3 Å². The molecule has 0 bridgehead atoms. The first kappa shape index (κ1) is 15.0. The van der Waals surface area contributed by atoms with Crippen LogP contribution in [-0.2, 0) is 9.53 Å². The van der Waals surface area contributed by atoms with Crippen molar-refractivity contribution in [2.24, 2.45) is 0 Å². The molecule has 0 unspecified atom stereocenters. The Labute approximate surface area is 112 Å². The van der Waals surface area contributed by atoms with E-state index in [1.54, 1.807) is 32.9 Å². The molecule has 0 aliphatic carbocycles. The zero-order chi connectivity index (χ0) is 14.5. The number of aromatic hydroxyl groups is 1. The first-order valence-corrected chi connectivity index (χ1v) is 6.06. The molecule has 1 aromatic carbocycles. The van der Waals surface area contributed by atoms with Crippen LogP contribution in [0.3, 0.4) is 0 Å². The minimum absolute atomic E-state index is 0.0529. The van der Waals surface area contributed by atoms with Crippen LogP contribution in [0.5, 0.6) is 5.75 Å². The molecule has 5 heteroatoms. The molecule has 0 aliphatic rings. The topological polar surface area (TPSA) is 66.8 Å². The summed E-state index contributed by atoms with van der Waals surface area (Å²) in [5.74, 6) is 0.0529. The molecule has 0 fully saturated rings. The van der Waals surface area contributed by atoms with E-state index in [0.717, 1.165) is 6.29 Å². The highest BCUT2D eigenvalue weighted by Crippen LogP contribution is 2.22. The monoisotopic (exact) mass is 265 g/mol. The lowest BCUT2D eigenvalue weighted by Crippen LogP contribution is -2.37. The van der Waals surface area contributed by atoms with E-state index < -0.39 is 11.7 Å². The van der Waals surface area contributed by atoms with E-state index in [-0.39, 0.29) is 18.7 Å². The lowest BCUT2D eigenvalue weighted by molar-refractivity contribution is -0.107. The largest absolute Gasteiger partial charge is 0.508 e. The third-order valence-electron chi connectivity index (χ3n) is 2.23. The summed E-state index contributed by atoms with van der Waals surface area (Å²) < 4.78 is 5.28. The summed E-state index contributed by atoms with van der Waals surface area (Å²) in [7, 11) is 0. The van der Waals surface area contributed by atoms with Crippen molar-refractivity contribution >= 4 is 18.1 Å². The highest BCUT2D eigenvalue weighted by Gasteiger charge is 2.23. The Balaban J connectivity index is 2.94. The van der Waals surface area contributed by atoms with Gasteiger partial charge in [0.05, 0.1) is 5.69 Å². The number of ether oxygens (including phenoxy) is 1. The number of amides is 1. The molecule has 0 heterocycles. The van der Waals surface area contributed by atoms with E-state index >= 15 is 0 Å². The fraction of sp³-hybridized carbons (Fsp3) is 0.429. The summed E-state index contributed by atoms with van der Waals surface area (Å²) in [6, 6.07) is 6.27. The van der Waals surface area contributed by atoms with Crippen LogP contribution in [0.4, 0.5) is 10.5 Å². The van der Waals surface area contributed by atoms with Crippen LogP contribution in [0, 0.1) is 0 Å². The van der Waals surface area contributed by atoms with Crippen LogP contribution in [0.25, 0.3) is 0 Å². The standard InChI is InChI=1S/C14H19NO4/c1-14(2,3)19-13(18)15(8-5-9-16)11-6-4-7-12(17)10-11/h4,6-7,9-10,17H,5,8H2,1-3H3. The van der Waals surface area contributed by atoms with Gasteiger partial charge in [-0.05, 0) is 32.9 Å². The van der Waals surface area contributed by atoms with Crippen molar-refractivity contribution < 1.29 is 19.4 Å². The maximum Gasteiger partial charge on any atom is 0.414 e. The molecule has 0 saturated carbocycles. The Bertz CT molecular complexity index is 451. The van der Waals surface area contributed by atoms with Gasteiger partial charge in [0.1, 0.15) is 17.6 Å². The van der Waals surface area contributed by atoms with Gasteiger partial charge in [-0.25, -0.2) is 4.79 Å². The molecule has 0 atom stereocenters. The molecule has 5 nitrogen and oxygen atoms in total. The minimum Gasteiger partial charge on any atom is -0.508 e. The predicted octanol–water partition coefficient (Wildman–Crippen LogP) is 2.72. The van der Waals surface area contributed by atoms with Crippen molar-refractivity contribution in [3.8, 4) is 5.75 Å². The van der Waals surface area contributed by atoms with Gasteiger partial charge in [-0.1, -0.05) is 6.07 Å². The van der Waals surface area contributed by atoms with Gasteiger partial charge in [0, 0.05) is 19.0 Å². The zero-order valence-electron chi connectivity index (χ0n) is 11.4. The maximum absolute atomic E-state index is 12.1. The Morgan fingerprint density at radius 1 is 1.42 bits per heavy atom. The van der Waals surface area contributed by atoms with Gasteiger partial charge in [0.2, 0.25) is 0 Å². The number of phenols is 1. The highest BCUT2D eigenvalue weighted by molar-refractivity contribution is 5.88. The summed E-state index contributed by atoms with van der Waals surface area (Å²) in [4.78, 5) is 23.9. The van der Waals surface area contributed by atoms with E-state index in [9.17, 15) is 14.7 Å². The van der Waals surface area contributed by atoms with Gasteiger partial charge < -0.3 is 14.6 Å². The van der Waals surface area contributed by atoms with E-state index in [0.29, 0.717) is 5.69 Å². The number of benzene rings is 1. The highest BCUT2D eigenvalue weighted by atomic mass is 16.6. The van der Waals surface area contributed by atoms with E-state index in [4.69, 9.17) is 4.74 Å². The fourth-order valence-corrected chi connectivity index (χ4v) is 1.49. The number of rotatable bonds is 4. The van der Waals surface area contributed by atoms with Gasteiger partial charge in [0.15, 0.2) is 0 Å². The maximum atomic E-state index is 12.1. The number of nitrogens with zero attached hydrogens (tertiary/aromatic N) is 1. The van der Waals surface area contributed by atoms with Gasteiger partial charge in [0.25, 0.3) is 0 Å². The summed E-state index contributed by atoms with van der Waals surface area (Å²) >= 11 is 0. The number of hydrogen-bond donors (Lipinski definition) is 1. The number of carbonyl (C=O) groups excluding carboxylic acids is 2. The number of hydrogen-bond acceptors (Lipinski definition) is 4. The molecule has 0 aromatic heterocycles. The second-order valence-corrected chi connectivity index (χ2v) is 5.11. The minimum atomic E-state index is -0.618. The molecule has 0 aliphatic heterocycles. The fourth-order valence-electron chi connectivity index (χ4n) is 1.49. The molecule has 19 heavy (non-hydrogen) atoms. The van der Waals surface area contributed by atoms with E-state index in [1.807, 2.05) is 0 Å². The number of anilines is 1. The molecule has 0 saturated heterocycles. The first-order chi connectivity index (χ1) is 8.83. The third kappa shape index (κ3) is 4.99. The normalized spacial score (nSPS) is 10.9. The average molecular weight is 265 g/mol. The SMILES string of the molecule is CC(C)(C)OC(=O)N(CCC=O)c1cccc(O)c1. The van der Waals surface area contributed by atoms with Crippen LogP contribution < -0.4 is 4.90 Å². The van der Waals surface area contributed by atoms with Crippen molar-refractivity contribution in [3.63, 3.8) is 0 Å². The summed E-state index contributed by atoms with van der Waals surface area (Å²) in [6.45, 7) is 5.52. The smallest absolute Gasteiger partial charge is 0.414 e. The van der Waals surface area contributed by atoms with Gasteiger partial charge in [-0.3, -0.25) is 4.90 Å². The van der Waals surface area contributed by atoms with Gasteiger partial charge in [-0.15, -0.1) is 0 Å². The van der Waals surface area contributed by atoms with Crippen molar-refractivity contribution in [3.05, 3.63) is 24.3 Å². The van der Waals surface area contributed by atoms with Crippen LogP contribution in [0.1, 0.15) is 27.2 Å². The lowest BCUT2D eigenvalue weighted by Gasteiger charge is -2.27. The molecule has 104 valence electrons. The van der Waals surface area contributed by atoms with E-state index in [1.165, 1.54) is 17.0 Å². The molecule has 1 rings (SSSR count). The van der Waals surface area contributed by atoms with Crippen molar-refractivity contribution in [1.29, 1.82) is 0 Å². The Morgan fingerprint density at radius 2 is 2.11 bits per heavy atom. The van der Waals surface area contributed by atoms with Gasteiger partial charge in [-0.2, -0.15) is 0 Å². The van der Waals surface area contributed by atoms with Crippen molar-refractivity contribution in [1.82, 2.24) is 0 Å². The van der Waals surface area contributed by atoms with Crippen LogP contribution in [0.2, 0.25) is 0 Å². The summed E-state index contributed by atoms with van der Waals surface area (Å²) in [5, 5.41) is 9.45. The second kappa shape index (κ2) is 6.22. The second-order valence-electron chi connectivity index (χ2n) is 5.11. The average Bonchev–Trinajstić information content (AvgIpc) is 2.27. The zero-order valence-corrected chi connectivity index (χ0v) is 11.4. The van der Waals surface area contributed by atoms with Crippen molar-refractivity contribution in [2.75, 3.05) is 11.4 Å². The number of phenolic OH excluding ortho intramolecular Hbond substituents is 1. The quantitative estimate of drug-likeness (QED) is 0.850. The molecule has 0 radical (unpaired) electrons. The third-order valence-corrected chi connectivity index (χ3v) is 2.23. The Kier molecular flexibility index (Phi) is 4.92. The number of aldehydes is 1. The number of carbonyl (C=O) groups is 2.